The Morgan fingerprint density at radius 1 is 1.33 bits per heavy atom. The van der Waals surface area contributed by atoms with E-state index in [2.05, 4.69) is 10.2 Å². The Morgan fingerprint density at radius 3 is 2.88 bits per heavy atom. The van der Waals surface area contributed by atoms with Crippen LogP contribution in [-0.4, -0.2) is 105 Å². The van der Waals surface area contributed by atoms with Crippen LogP contribution in [0.3, 0.4) is 0 Å². The van der Waals surface area contributed by atoms with E-state index < -0.39 is 6.10 Å². The predicted octanol–water partition coefficient (Wildman–Crippen LogP) is -0.733. The fourth-order valence-corrected chi connectivity index (χ4v) is 3.74. The maximum atomic E-state index is 12.3. The zero-order valence-corrected chi connectivity index (χ0v) is 14.4. The number of nitrogens with zero attached hydrogens (tertiary/aromatic N) is 2. The van der Waals surface area contributed by atoms with Crippen molar-refractivity contribution in [1.82, 2.24) is 15.1 Å². The van der Waals surface area contributed by atoms with Crippen LogP contribution in [0.2, 0.25) is 0 Å². The van der Waals surface area contributed by atoms with Crippen LogP contribution < -0.4 is 5.32 Å². The van der Waals surface area contributed by atoms with Gasteiger partial charge in [0, 0.05) is 32.8 Å². The van der Waals surface area contributed by atoms with Crippen LogP contribution >= 0.6 is 0 Å². The molecule has 2 N–H and O–H groups in total. The number of ether oxygens (including phenoxy) is 3. The molecule has 3 aliphatic heterocycles. The van der Waals surface area contributed by atoms with E-state index in [0.717, 1.165) is 19.4 Å². The van der Waals surface area contributed by atoms with E-state index in [1.165, 1.54) is 0 Å². The summed E-state index contributed by atoms with van der Waals surface area (Å²) >= 11 is 0. The Kier molecular flexibility index (Phi) is 6.29. The van der Waals surface area contributed by atoms with Crippen LogP contribution in [-0.2, 0) is 14.2 Å². The third-order valence-corrected chi connectivity index (χ3v) is 5.16. The van der Waals surface area contributed by atoms with E-state index >= 15 is 0 Å². The van der Waals surface area contributed by atoms with Gasteiger partial charge in [-0.1, -0.05) is 0 Å². The summed E-state index contributed by atoms with van der Waals surface area (Å²) < 4.78 is 16.3. The predicted molar refractivity (Wildman–Crippen MR) is 86.9 cm³/mol. The third-order valence-electron chi connectivity index (χ3n) is 5.16. The molecule has 3 saturated heterocycles. The van der Waals surface area contributed by atoms with E-state index in [0.29, 0.717) is 52.1 Å². The average molecular weight is 343 g/mol. The summed E-state index contributed by atoms with van der Waals surface area (Å²) in [5.74, 6) is 0. The van der Waals surface area contributed by atoms with Gasteiger partial charge < -0.3 is 29.5 Å². The molecular weight excluding hydrogens is 314 g/mol. The summed E-state index contributed by atoms with van der Waals surface area (Å²) in [6.45, 7) is 5.05. The van der Waals surface area contributed by atoms with E-state index in [-0.39, 0.29) is 18.2 Å². The quantitative estimate of drug-likeness (QED) is 0.685. The fraction of sp³-hybridized carbons (Fsp3) is 0.938. The first kappa shape index (κ1) is 17.9. The first-order chi connectivity index (χ1) is 11.7. The largest absolute Gasteiger partial charge is 0.388 e. The number of morpholine rings is 1. The highest BCUT2D eigenvalue weighted by Gasteiger charge is 2.40. The lowest BCUT2D eigenvalue weighted by atomic mass is 10.1. The van der Waals surface area contributed by atoms with Gasteiger partial charge in [0.2, 0.25) is 0 Å². The molecule has 3 rings (SSSR count). The summed E-state index contributed by atoms with van der Waals surface area (Å²) in [6, 6.07) is -0.105. The topological polar surface area (TPSA) is 83.5 Å². The van der Waals surface area contributed by atoms with Gasteiger partial charge in [0.05, 0.1) is 38.6 Å². The molecule has 0 unspecified atom stereocenters. The van der Waals surface area contributed by atoms with Gasteiger partial charge in [0.25, 0.3) is 0 Å². The van der Waals surface area contributed by atoms with Gasteiger partial charge >= 0.3 is 6.03 Å². The number of likely N-dealkylation sites (tertiary alicyclic amines) is 1. The van der Waals surface area contributed by atoms with Crippen molar-refractivity contribution in [2.75, 3.05) is 59.7 Å². The summed E-state index contributed by atoms with van der Waals surface area (Å²) in [5.41, 5.74) is 0. The van der Waals surface area contributed by atoms with Gasteiger partial charge in [-0.05, 0) is 19.4 Å². The molecule has 3 aliphatic rings. The SMILES string of the molecule is COC[C@H]1CCCN1C[C@@H]1OC[C@H](NC(=O)N2CCOCC2)[C@H]1O. The third kappa shape index (κ3) is 4.18. The van der Waals surface area contributed by atoms with Gasteiger partial charge in [0.15, 0.2) is 0 Å². The normalized spacial score (nSPS) is 34.7. The Hall–Kier alpha value is -0.930. The number of aliphatic hydroxyl groups is 1. The van der Waals surface area contributed by atoms with Crippen molar-refractivity contribution in [2.45, 2.75) is 37.1 Å². The minimum Gasteiger partial charge on any atom is -0.388 e. The molecule has 8 heteroatoms. The molecule has 0 bridgehead atoms. The van der Waals surface area contributed by atoms with Gasteiger partial charge in [-0.2, -0.15) is 0 Å². The van der Waals surface area contributed by atoms with Crippen molar-refractivity contribution in [3.05, 3.63) is 0 Å². The number of methoxy groups -OCH3 is 1. The van der Waals surface area contributed by atoms with Crippen LogP contribution in [0.15, 0.2) is 0 Å². The van der Waals surface area contributed by atoms with Crippen LogP contribution in [0.1, 0.15) is 12.8 Å². The molecule has 2 amide bonds. The minimum absolute atomic E-state index is 0.148. The maximum Gasteiger partial charge on any atom is 0.317 e. The summed E-state index contributed by atoms with van der Waals surface area (Å²) in [6.07, 6.45) is 1.32. The summed E-state index contributed by atoms with van der Waals surface area (Å²) in [7, 11) is 1.72. The molecular formula is C16H29N3O5. The van der Waals surface area contributed by atoms with E-state index in [1.54, 1.807) is 12.0 Å². The van der Waals surface area contributed by atoms with E-state index in [1.807, 2.05) is 0 Å². The lowest BCUT2D eigenvalue weighted by Crippen LogP contribution is -2.53. The van der Waals surface area contributed by atoms with Crippen molar-refractivity contribution in [3.63, 3.8) is 0 Å². The fourth-order valence-electron chi connectivity index (χ4n) is 3.74. The molecule has 0 saturated carbocycles. The van der Waals surface area contributed by atoms with Crippen LogP contribution in [0, 0.1) is 0 Å². The lowest BCUT2D eigenvalue weighted by molar-refractivity contribution is 0.00447. The standard InChI is InChI=1S/C16H29N3O5/c1-22-10-12-3-2-4-19(12)9-14-15(20)13(11-24-14)17-16(21)18-5-7-23-8-6-18/h12-15,20H,2-11H2,1H3,(H,17,21)/t12-,13+,14+,15-/m1/s1. The molecule has 3 heterocycles. The van der Waals surface area contributed by atoms with Crippen molar-refractivity contribution >= 4 is 6.03 Å². The van der Waals surface area contributed by atoms with Gasteiger partial charge in [-0.15, -0.1) is 0 Å². The molecule has 3 fully saturated rings. The molecule has 0 aliphatic carbocycles. The smallest absolute Gasteiger partial charge is 0.317 e. The van der Waals surface area contributed by atoms with Crippen molar-refractivity contribution in [1.29, 1.82) is 0 Å². The second-order valence-electron chi connectivity index (χ2n) is 6.76. The highest BCUT2D eigenvalue weighted by Crippen LogP contribution is 2.22. The number of hydrogen-bond acceptors (Lipinski definition) is 6. The Bertz CT molecular complexity index is 419. The second kappa shape index (κ2) is 8.44. The number of rotatable bonds is 5. The molecule has 0 spiro atoms. The lowest BCUT2D eigenvalue weighted by Gasteiger charge is -2.30. The number of carbonyl (C=O) groups excluding carboxylic acids is 1. The Balaban J connectivity index is 1.47. The molecule has 0 aromatic carbocycles. The first-order valence-electron chi connectivity index (χ1n) is 8.85. The molecule has 138 valence electrons. The molecule has 24 heavy (non-hydrogen) atoms. The maximum absolute atomic E-state index is 12.3. The minimum atomic E-state index is -0.682. The highest BCUT2D eigenvalue weighted by atomic mass is 16.5. The van der Waals surface area contributed by atoms with Gasteiger partial charge in [0.1, 0.15) is 6.10 Å². The zero-order chi connectivity index (χ0) is 16.9. The van der Waals surface area contributed by atoms with Crippen LogP contribution in [0.5, 0.6) is 0 Å². The molecule has 0 aromatic heterocycles. The van der Waals surface area contributed by atoms with E-state index in [4.69, 9.17) is 14.2 Å². The summed E-state index contributed by atoms with van der Waals surface area (Å²) in [5, 5.41) is 13.4. The number of hydrogen-bond donors (Lipinski definition) is 2. The Labute approximate surface area is 143 Å². The first-order valence-corrected chi connectivity index (χ1v) is 8.85. The molecule has 0 aromatic rings. The number of amides is 2. The summed E-state index contributed by atoms with van der Waals surface area (Å²) in [4.78, 5) is 16.3. The number of urea groups is 1. The monoisotopic (exact) mass is 343 g/mol. The molecule has 4 atom stereocenters. The molecule has 8 nitrogen and oxygen atoms in total. The van der Waals surface area contributed by atoms with Crippen molar-refractivity contribution in [3.8, 4) is 0 Å². The van der Waals surface area contributed by atoms with Gasteiger partial charge in [-0.25, -0.2) is 4.79 Å². The van der Waals surface area contributed by atoms with Crippen LogP contribution in [0.25, 0.3) is 0 Å². The van der Waals surface area contributed by atoms with Crippen molar-refractivity contribution < 1.29 is 24.1 Å². The number of aliphatic hydroxyl groups excluding tert-OH is 1. The van der Waals surface area contributed by atoms with E-state index in [9.17, 15) is 9.90 Å². The number of nitrogens with one attached hydrogen (secondary N) is 1. The highest BCUT2D eigenvalue weighted by molar-refractivity contribution is 5.74. The second-order valence-corrected chi connectivity index (χ2v) is 6.76. The number of carbonyl (C=O) groups is 1. The van der Waals surface area contributed by atoms with Gasteiger partial charge in [-0.3, -0.25) is 4.90 Å². The average Bonchev–Trinajstić information content (AvgIpc) is 3.18. The Morgan fingerprint density at radius 2 is 2.12 bits per heavy atom. The zero-order valence-electron chi connectivity index (χ0n) is 14.4. The van der Waals surface area contributed by atoms with Crippen LogP contribution in [0.4, 0.5) is 4.79 Å². The van der Waals surface area contributed by atoms with Crippen molar-refractivity contribution in [2.24, 2.45) is 0 Å². The molecule has 0 radical (unpaired) electrons.